The molecule has 0 radical (unpaired) electrons. The average Bonchev–Trinajstić information content (AvgIpc) is 2.85. The number of hydrogen-bond acceptors (Lipinski definition) is 6. The van der Waals surface area contributed by atoms with Gasteiger partial charge in [0.1, 0.15) is 17.3 Å². The molecule has 0 unspecified atom stereocenters. The zero-order valence-corrected chi connectivity index (χ0v) is 21.5. The molecule has 4 rings (SSSR count). The van der Waals surface area contributed by atoms with Gasteiger partial charge in [-0.3, -0.25) is 0 Å². The third-order valence-corrected chi connectivity index (χ3v) is 6.91. The van der Waals surface area contributed by atoms with Gasteiger partial charge in [0.2, 0.25) is 0 Å². The van der Waals surface area contributed by atoms with Crippen LogP contribution in [-0.2, 0) is 0 Å². The molecule has 1 saturated heterocycles. The van der Waals surface area contributed by atoms with Crippen molar-refractivity contribution in [3.8, 4) is 22.6 Å². The van der Waals surface area contributed by atoms with E-state index >= 15 is 0 Å². The van der Waals surface area contributed by atoms with Crippen LogP contribution >= 0.6 is 23.2 Å². The number of methoxy groups -OCH3 is 2. The Kier molecular flexibility index (Phi) is 7.60. The quantitative estimate of drug-likeness (QED) is 0.272. The fraction of sp³-hybridized carbons (Fsp3) is 0.269. The number of halogens is 2. The van der Waals surface area contributed by atoms with E-state index in [2.05, 4.69) is 34.0 Å². The molecule has 1 fully saturated rings. The lowest BCUT2D eigenvalue weighted by Gasteiger charge is -2.34. The maximum Gasteiger partial charge on any atom is 0.141 e. The van der Waals surface area contributed by atoms with Crippen molar-refractivity contribution in [3.05, 3.63) is 64.1 Å². The highest BCUT2D eigenvalue weighted by Crippen LogP contribution is 2.46. The number of benzene rings is 3. The van der Waals surface area contributed by atoms with E-state index in [0.29, 0.717) is 49.8 Å². The molecule has 0 aromatic heterocycles. The Labute approximate surface area is 215 Å². The summed E-state index contributed by atoms with van der Waals surface area (Å²) < 4.78 is 10.7. The van der Waals surface area contributed by atoms with Gasteiger partial charge in [-0.2, -0.15) is 0 Å². The summed E-state index contributed by atoms with van der Waals surface area (Å²) in [5, 5.41) is 0.736. The molecule has 1 aliphatic heterocycles. The molecule has 35 heavy (non-hydrogen) atoms. The third kappa shape index (κ3) is 5.27. The summed E-state index contributed by atoms with van der Waals surface area (Å²) in [6.45, 7) is 4.14. The molecule has 0 amide bonds. The molecular formula is C26H29Cl2N5O2. The lowest BCUT2D eigenvalue weighted by molar-refractivity contribution is 0.313. The van der Waals surface area contributed by atoms with Crippen LogP contribution < -0.4 is 25.8 Å². The summed E-state index contributed by atoms with van der Waals surface area (Å²) in [6.07, 6.45) is 0. The topological polar surface area (TPSA) is 89.3 Å². The first-order valence-corrected chi connectivity index (χ1v) is 12.0. The number of nitrogen functional groups attached to an aromatic ring is 1. The van der Waals surface area contributed by atoms with E-state index in [1.807, 2.05) is 18.2 Å². The minimum Gasteiger partial charge on any atom is -0.495 e. The number of amidine groups is 1. The summed E-state index contributed by atoms with van der Waals surface area (Å²) in [4.78, 5) is 9.28. The molecule has 9 heteroatoms. The van der Waals surface area contributed by atoms with Crippen molar-refractivity contribution in [2.75, 3.05) is 58.1 Å². The van der Waals surface area contributed by atoms with Gasteiger partial charge in [0, 0.05) is 54.7 Å². The number of rotatable bonds is 6. The zero-order chi connectivity index (χ0) is 25.1. The Morgan fingerprint density at radius 2 is 1.49 bits per heavy atom. The normalized spacial score (nSPS) is 14.8. The van der Waals surface area contributed by atoms with Gasteiger partial charge in [-0.1, -0.05) is 29.3 Å². The van der Waals surface area contributed by atoms with Gasteiger partial charge in [0.05, 0.1) is 30.0 Å². The predicted octanol–water partition coefficient (Wildman–Crippen LogP) is 5.05. The Morgan fingerprint density at radius 3 is 2.03 bits per heavy atom. The predicted molar refractivity (Wildman–Crippen MR) is 146 cm³/mol. The summed E-state index contributed by atoms with van der Waals surface area (Å²) in [7, 11) is 5.21. The number of anilines is 2. The highest BCUT2D eigenvalue weighted by atomic mass is 35.5. The van der Waals surface area contributed by atoms with Crippen LogP contribution in [0, 0.1) is 0 Å². The molecule has 0 bridgehead atoms. The standard InChI is InChI=1S/C26H29Cl2N5O2/c1-32-10-12-33(13-11-32)18-7-5-17(6-8-18)31-26(30)19-9-4-16(14-20(19)29)23-24(27)21(34-2)15-22(35-3)25(23)28/h4-9,14-15H,10-13,29H2,1-3H3,(H2,30,31). The van der Waals surface area contributed by atoms with Crippen LogP contribution in [0.4, 0.5) is 17.1 Å². The number of ether oxygens (including phenoxy) is 2. The molecule has 3 aromatic carbocycles. The van der Waals surface area contributed by atoms with Gasteiger partial charge in [0.15, 0.2) is 0 Å². The van der Waals surface area contributed by atoms with Crippen molar-refractivity contribution in [2.45, 2.75) is 0 Å². The second-order valence-electron chi connectivity index (χ2n) is 8.39. The largest absolute Gasteiger partial charge is 0.495 e. The Morgan fingerprint density at radius 1 is 0.886 bits per heavy atom. The smallest absolute Gasteiger partial charge is 0.141 e. The fourth-order valence-electron chi connectivity index (χ4n) is 4.09. The Bertz CT molecular complexity index is 1210. The average molecular weight is 514 g/mol. The molecule has 184 valence electrons. The van der Waals surface area contributed by atoms with Gasteiger partial charge in [-0.25, -0.2) is 4.99 Å². The fourth-order valence-corrected chi connectivity index (χ4v) is 4.81. The van der Waals surface area contributed by atoms with Gasteiger partial charge in [-0.15, -0.1) is 0 Å². The minimum atomic E-state index is 0.321. The first kappa shape index (κ1) is 25.0. The number of nitrogens with zero attached hydrogens (tertiary/aromatic N) is 3. The highest BCUT2D eigenvalue weighted by Gasteiger charge is 2.20. The van der Waals surface area contributed by atoms with Crippen LogP contribution in [0.2, 0.25) is 10.0 Å². The number of aliphatic imine (C=N–C) groups is 1. The molecule has 1 heterocycles. The van der Waals surface area contributed by atoms with E-state index in [4.69, 9.17) is 44.1 Å². The molecule has 0 spiro atoms. The second-order valence-corrected chi connectivity index (χ2v) is 9.15. The summed E-state index contributed by atoms with van der Waals surface area (Å²) in [6, 6.07) is 15.1. The van der Waals surface area contributed by atoms with Crippen molar-refractivity contribution < 1.29 is 9.47 Å². The van der Waals surface area contributed by atoms with E-state index < -0.39 is 0 Å². The van der Waals surface area contributed by atoms with E-state index in [-0.39, 0.29) is 0 Å². The molecule has 4 N–H and O–H groups in total. The Hall–Kier alpha value is -3.13. The monoisotopic (exact) mass is 513 g/mol. The van der Waals surface area contributed by atoms with Gasteiger partial charge >= 0.3 is 0 Å². The van der Waals surface area contributed by atoms with Crippen LogP contribution in [0.1, 0.15) is 5.56 Å². The van der Waals surface area contributed by atoms with Crippen molar-refractivity contribution in [1.29, 1.82) is 0 Å². The number of piperazine rings is 1. The summed E-state index contributed by atoms with van der Waals surface area (Å²) >= 11 is 13.1. The van der Waals surface area contributed by atoms with E-state index in [9.17, 15) is 0 Å². The van der Waals surface area contributed by atoms with Crippen molar-refractivity contribution in [3.63, 3.8) is 0 Å². The van der Waals surface area contributed by atoms with Crippen LogP contribution in [0.3, 0.4) is 0 Å². The van der Waals surface area contributed by atoms with Gasteiger partial charge in [-0.05, 0) is 49.0 Å². The van der Waals surface area contributed by atoms with Crippen LogP contribution in [0.5, 0.6) is 11.5 Å². The summed E-state index contributed by atoms with van der Waals surface area (Å²) in [5.41, 5.74) is 17.0. The molecule has 0 atom stereocenters. The van der Waals surface area contributed by atoms with E-state index in [1.165, 1.54) is 19.9 Å². The highest BCUT2D eigenvalue weighted by molar-refractivity contribution is 6.41. The maximum atomic E-state index is 6.56. The van der Waals surface area contributed by atoms with Crippen LogP contribution in [-0.4, -0.2) is 58.2 Å². The van der Waals surface area contributed by atoms with E-state index in [0.717, 1.165) is 31.9 Å². The molecule has 3 aromatic rings. The number of likely N-dealkylation sites (N-methyl/N-ethyl adjacent to an activating group) is 1. The zero-order valence-electron chi connectivity index (χ0n) is 20.0. The van der Waals surface area contributed by atoms with Crippen molar-refractivity contribution in [1.82, 2.24) is 4.90 Å². The van der Waals surface area contributed by atoms with E-state index in [1.54, 1.807) is 18.2 Å². The van der Waals surface area contributed by atoms with Crippen molar-refractivity contribution >= 4 is 46.1 Å². The van der Waals surface area contributed by atoms with Crippen molar-refractivity contribution in [2.24, 2.45) is 10.7 Å². The lowest BCUT2D eigenvalue weighted by atomic mass is 10.0. The lowest BCUT2D eigenvalue weighted by Crippen LogP contribution is -2.44. The Balaban J connectivity index is 1.59. The van der Waals surface area contributed by atoms with Crippen LogP contribution in [0.15, 0.2) is 53.5 Å². The summed E-state index contributed by atoms with van der Waals surface area (Å²) in [5.74, 6) is 1.22. The number of nitrogens with two attached hydrogens (primary N) is 2. The minimum absolute atomic E-state index is 0.321. The molecular weight excluding hydrogens is 485 g/mol. The third-order valence-electron chi connectivity index (χ3n) is 6.16. The van der Waals surface area contributed by atoms with Crippen LogP contribution in [0.25, 0.3) is 11.1 Å². The first-order chi connectivity index (χ1) is 16.8. The van der Waals surface area contributed by atoms with Gasteiger partial charge < -0.3 is 30.7 Å². The maximum absolute atomic E-state index is 6.56. The number of hydrogen-bond donors (Lipinski definition) is 2. The molecule has 7 nitrogen and oxygen atoms in total. The SMILES string of the molecule is COc1cc(OC)c(Cl)c(-c2ccc(C(N)=Nc3ccc(N4CCN(C)CC4)cc3)c(N)c2)c1Cl. The molecule has 1 aliphatic rings. The molecule has 0 aliphatic carbocycles. The van der Waals surface area contributed by atoms with Gasteiger partial charge in [0.25, 0.3) is 0 Å². The second kappa shape index (κ2) is 10.6. The molecule has 0 saturated carbocycles. The first-order valence-electron chi connectivity index (χ1n) is 11.2.